The summed E-state index contributed by atoms with van der Waals surface area (Å²) in [6.07, 6.45) is 3.20. The topological polar surface area (TPSA) is 48.6 Å². The van der Waals surface area contributed by atoms with Gasteiger partial charge < -0.3 is 19.7 Å². The number of hydrogen-bond donors (Lipinski definition) is 2. The van der Waals surface area contributed by atoms with E-state index in [2.05, 4.69) is 29.3 Å². The van der Waals surface area contributed by atoms with Crippen LogP contribution in [-0.2, 0) is 0 Å². The molecule has 1 aromatic heterocycles. The Bertz CT molecular complexity index is 1030. The van der Waals surface area contributed by atoms with Crippen LogP contribution < -0.4 is 5.32 Å². The number of rotatable bonds is 3. The van der Waals surface area contributed by atoms with Gasteiger partial charge in [0.15, 0.2) is 0 Å². The summed E-state index contributed by atoms with van der Waals surface area (Å²) in [5.74, 6) is -0.436. The van der Waals surface area contributed by atoms with Gasteiger partial charge in [-0.15, -0.1) is 0 Å². The van der Waals surface area contributed by atoms with E-state index in [-0.39, 0.29) is 12.2 Å². The molecular weight excluding hydrogens is 331 g/mol. The fourth-order valence-electron chi connectivity index (χ4n) is 4.22. The van der Waals surface area contributed by atoms with Crippen LogP contribution in [0.3, 0.4) is 0 Å². The normalized spacial score (nSPS) is 22.1. The number of benzene rings is 2. The van der Waals surface area contributed by atoms with Crippen molar-refractivity contribution in [1.82, 2.24) is 10.2 Å². The van der Waals surface area contributed by atoms with E-state index in [0.717, 1.165) is 11.1 Å². The molecule has 2 aliphatic rings. The number of aliphatic hydroxyl groups excluding tert-OH is 1. The van der Waals surface area contributed by atoms with Crippen molar-refractivity contribution in [3.8, 4) is 0 Å². The molecule has 0 saturated carbocycles. The van der Waals surface area contributed by atoms with E-state index in [1.165, 1.54) is 23.5 Å². The molecule has 0 saturated heterocycles. The highest BCUT2D eigenvalue weighted by Gasteiger charge is 2.40. The molecule has 2 aromatic carbocycles. The quantitative estimate of drug-likeness (QED) is 0.739. The van der Waals surface area contributed by atoms with Crippen LogP contribution in [0.2, 0.25) is 0 Å². The number of fused-ring (bicyclic) bond motifs is 4. The van der Waals surface area contributed by atoms with Crippen molar-refractivity contribution in [2.45, 2.75) is 31.7 Å². The maximum Gasteiger partial charge on any atom is 0.136 e. The molecule has 4 nitrogen and oxygen atoms in total. The largest absolute Gasteiger partial charge is 0.464 e. The summed E-state index contributed by atoms with van der Waals surface area (Å²) >= 11 is 0. The number of hydrogen-bond acceptors (Lipinski definition) is 4. The van der Waals surface area contributed by atoms with Crippen LogP contribution in [0.1, 0.15) is 42.2 Å². The zero-order valence-electron chi connectivity index (χ0n) is 14.3. The van der Waals surface area contributed by atoms with Crippen LogP contribution in [0.4, 0.5) is 4.39 Å². The van der Waals surface area contributed by atoms with E-state index in [0.29, 0.717) is 17.6 Å². The van der Waals surface area contributed by atoms with E-state index in [1.807, 2.05) is 18.3 Å². The predicted molar refractivity (Wildman–Crippen MR) is 97.3 cm³/mol. The number of nitrogens with zero attached hydrogens (tertiary/aromatic N) is 1. The highest BCUT2D eigenvalue weighted by molar-refractivity contribution is 5.78. The molecule has 0 fully saturated rings. The number of aliphatic hydroxyl groups is 1. The van der Waals surface area contributed by atoms with Crippen molar-refractivity contribution in [2.24, 2.45) is 0 Å². The lowest BCUT2D eigenvalue weighted by Gasteiger charge is -2.31. The smallest absolute Gasteiger partial charge is 0.136 e. The summed E-state index contributed by atoms with van der Waals surface area (Å²) in [5.41, 5.74) is 4.29. The third-order valence-corrected chi connectivity index (χ3v) is 5.47. The Morgan fingerprint density at radius 3 is 3.00 bits per heavy atom. The Morgan fingerprint density at radius 2 is 2.12 bits per heavy atom. The third-order valence-electron chi connectivity index (χ3n) is 5.47. The van der Waals surface area contributed by atoms with Gasteiger partial charge in [-0.2, -0.15) is 0 Å². The molecule has 26 heavy (non-hydrogen) atoms. The molecule has 0 amide bonds. The first kappa shape index (κ1) is 15.5. The highest BCUT2D eigenvalue weighted by Crippen LogP contribution is 2.47. The number of halogens is 1. The minimum atomic E-state index is -0.903. The SMILES string of the molecule is CC1NC=C2c3ccccc3C(CC(O)c3cc4ccoc4cc3F)N21. The Labute approximate surface area is 150 Å². The lowest BCUT2D eigenvalue weighted by atomic mass is 9.95. The molecule has 3 atom stereocenters. The molecule has 3 heterocycles. The molecule has 3 unspecified atom stereocenters. The van der Waals surface area contributed by atoms with Crippen LogP contribution in [0, 0.1) is 5.82 Å². The minimum Gasteiger partial charge on any atom is -0.464 e. The molecule has 2 N–H and O–H groups in total. The van der Waals surface area contributed by atoms with Crippen LogP contribution >= 0.6 is 0 Å². The zero-order chi connectivity index (χ0) is 17.8. The second-order valence-corrected chi connectivity index (χ2v) is 6.97. The van der Waals surface area contributed by atoms with Gasteiger partial charge in [0, 0.05) is 35.2 Å². The monoisotopic (exact) mass is 350 g/mol. The van der Waals surface area contributed by atoms with Crippen molar-refractivity contribution in [3.05, 3.63) is 77.4 Å². The molecule has 0 aliphatic carbocycles. The van der Waals surface area contributed by atoms with E-state index >= 15 is 0 Å². The van der Waals surface area contributed by atoms with Crippen LogP contribution in [0.25, 0.3) is 16.7 Å². The standard InChI is InChI=1S/C21H19FN2O2/c1-12-23-11-19-15-5-3-2-4-14(15)18(24(12)19)10-20(25)16-8-13-6-7-26-21(13)9-17(16)22/h2-9,11-12,18,20,23,25H,10H2,1H3. The Balaban J connectivity index is 1.51. The molecular formula is C21H19FN2O2. The zero-order valence-corrected chi connectivity index (χ0v) is 14.3. The van der Waals surface area contributed by atoms with Gasteiger partial charge in [-0.1, -0.05) is 24.3 Å². The second-order valence-electron chi connectivity index (χ2n) is 6.97. The molecule has 3 aromatic rings. The lowest BCUT2D eigenvalue weighted by Crippen LogP contribution is -2.34. The average Bonchev–Trinajstić information content (AvgIpc) is 3.31. The average molecular weight is 350 g/mol. The summed E-state index contributed by atoms with van der Waals surface area (Å²) < 4.78 is 19.7. The van der Waals surface area contributed by atoms with Gasteiger partial charge in [0.2, 0.25) is 0 Å². The number of nitrogens with one attached hydrogen (secondary N) is 1. The first-order chi connectivity index (χ1) is 12.6. The molecule has 5 heteroatoms. The van der Waals surface area contributed by atoms with Gasteiger partial charge in [-0.25, -0.2) is 4.39 Å². The molecule has 5 rings (SSSR count). The van der Waals surface area contributed by atoms with Crippen molar-refractivity contribution < 1.29 is 13.9 Å². The van der Waals surface area contributed by atoms with Crippen molar-refractivity contribution in [3.63, 3.8) is 0 Å². The summed E-state index contributed by atoms with van der Waals surface area (Å²) in [6, 6.07) is 13.0. The summed E-state index contributed by atoms with van der Waals surface area (Å²) in [7, 11) is 0. The first-order valence-electron chi connectivity index (χ1n) is 8.82. The fourth-order valence-corrected chi connectivity index (χ4v) is 4.22. The third kappa shape index (κ3) is 2.17. The van der Waals surface area contributed by atoms with Gasteiger partial charge in [-0.05, 0) is 24.6 Å². The van der Waals surface area contributed by atoms with Gasteiger partial charge in [-0.3, -0.25) is 0 Å². The van der Waals surface area contributed by atoms with E-state index in [9.17, 15) is 9.50 Å². The van der Waals surface area contributed by atoms with Crippen LogP contribution in [0.5, 0.6) is 0 Å². The minimum absolute atomic E-state index is 0.00287. The van der Waals surface area contributed by atoms with Crippen molar-refractivity contribution >= 4 is 16.7 Å². The van der Waals surface area contributed by atoms with Crippen molar-refractivity contribution in [1.29, 1.82) is 0 Å². The molecule has 0 spiro atoms. The van der Waals surface area contributed by atoms with Gasteiger partial charge in [0.05, 0.1) is 30.3 Å². The van der Waals surface area contributed by atoms with Crippen molar-refractivity contribution in [2.75, 3.05) is 0 Å². The van der Waals surface area contributed by atoms with E-state index in [1.54, 1.807) is 12.1 Å². The van der Waals surface area contributed by atoms with Crippen LogP contribution in [0.15, 0.2) is 59.3 Å². The lowest BCUT2D eigenvalue weighted by molar-refractivity contribution is 0.116. The molecule has 0 bridgehead atoms. The Kier molecular flexibility index (Phi) is 3.34. The predicted octanol–water partition coefficient (Wildman–Crippen LogP) is 4.30. The van der Waals surface area contributed by atoms with Gasteiger partial charge in [0.25, 0.3) is 0 Å². The molecule has 0 radical (unpaired) electrons. The summed E-state index contributed by atoms with van der Waals surface area (Å²) in [4.78, 5) is 2.27. The highest BCUT2D eigenvalue weighted by atomic mass is 19.1. The first-order valence-corrected chi connectivity index (χ1v) is 8.82. The molecule has 132 valence electrons. The summed E-state index contributed by atoms with van der Waals surface area (Å²) in [6.45, 7) is 2.09. The maximum absolute atomic E-state index is 14.5. The fraction of sp³-hybridized carbons (Fsp3) is 0.238. The second kappa shape index (κ2) is 5.61. The van der Waals surface area contributed by atoms with Gasteiger partial charge in [0.1, 0.15) is 11.4 Å². The Morgan fingerprint density at radius 1 is 1.27 bits per heavy atom. The molecule has 2 aliphatic heterocycles. The number of furan rings is 1. The Hall–Kier alpha value is -2.79. The maximum atomic E-state index is 14.5. The summed E-state index contributed by atoms with van der Waals surface area (Å²) in [5, 5.41) is 15.0. The van der Waals surface area contributed by atoms with E-state index in [4.69, 9.17) is 4.42 Å². The van der Waals surface area contributed by atoms with Gasteiger partial charge >= 0.3 is 0 Å². The van der Waals surface area contributed by atoms with E-state index < -0.39 is 11.9 Å². The van der Waals surface area contributed by atoms with Crippen LogP contribution in [-0.4, -0.2) is 16.2 Å².